The molecule has 1 fully saturated rings. The first-order chi connectivity index (χ1) is 10.2. The van der Waals surface area contributed by atoms with E-state index < -0.39 is 5.97 Å². The van der Waals surface area contributed by atoms with E-state index in [1.54, 1.807) is 23.5 Å². The second-order valence-corrected chi connectivity index (χ2v) is 6.55. The molecule has 1 aromatic heterocycles. The molecule has 1 saturated carbocycles. The van der Waals surface area contributed by atoms with Gasteiger partial charge in [0.2, 0.25) is 0 Å². The smallest absolute Gasteiger partial charge is 0.335 e. The summed E-state index contributed by atoms with van der Waals surface area (Å²) in [6.45, 7) is 1.54. The van der Waals surface area contributed by atoms with Crippen molar-refractivity contribution in [3.05, 3.63) is 51.5 Å². The fourth-order valence-corrected chi connectivity index (χ4v) is 3.40. The number of nitrogens with one attached hydrogen (secondary N) is 1. The number of nitrogens with zero attached hydrogens (tertiary/aromatic N) is 1. The van der Waals surface area contributed by atoms with Crippen LogP contribution in [0.2, 0.25) is 0 Å². The molecule has 0 atom stereocenters. The van der Waals surface area contributed by atoms with Crippen LogP contribution in [-0.2, 0) is 13.1 Å². The largest absolute Gasteiger partial charge is 0.478 e. The van der Waals surface area contributed by atoms with Crippen molar-refractivity contribution >= 4 is 17.3 Å². The van der Waals surface area contributed by atoms with Crippen LogP contribution in [0, 0.1) is 0 Å². The molecule has 1 aromatic carbocycles. The van der Waals surface area contributed by atoms with Crippen molar-refractivity contribution in [2.45, 2.75) is 38.3 Å². The summed E-state index contributed by atoms with van der Waals surface area (Å²) < 4.78 is 0. The molecule has 2 N–H and O–H groups in total. The highest BCUT2D eigenvalue weighted by Crippen LogP contribution is 2.38. The lowest BCUT2D eigenvalue weighted by atomic mass is 9.86. The number of carboxylic acids is 1. The van der Waals surface area contributed by atoms with Gasteiger partial charge >= 0.3 is 5.97 Å². The topological polar surface area (TPSA) is 62.2 Å². The molecule has 0 spiro atoms. The Labute approximate surface area is 127 Å². The number of benzene rings is 1. The zero-order chi connectivity index (χ0) is 14.7. The molecule has 110 valence electrons. The van der Waals surface area contributed by atoms with E-state index in [0.29, 0.717) is 11.5 Å². The summed E-state index contributed by atoms with van der Waals surface area (Å²) in [7, 11) is 0. The summed E-state index contributed by atoms with van der Waals surface area (Å²) in [5, 5.41) is 13.5. The second kappa shape index (κ2) is 6.37. The molecule has 2 aromatic rings. The molecule has 5 heteroatoms. The van der Waals surface area contributed by atoms with Gasteiger partial charge in [0.05, 0.1) is 10.6 Å². The minimum atomic E-state index is -0.886. The predicted octanol–water partition coefficient (Wildman–Crippen LogP) is 3.40. The molecule has 0 unspecified atom stereocenters. The summed E-state index contributed by atoms with van der Waals surface area (Å²) in [5.74, 6) is -0.185. The molecule has 4 nitrogen and oxygen atoms in total. The van der Waals surface area contributed by atoms with Crippen molar-refractivity contribution in [2.24, 2.45) is 0 Å². The van der Waals surface area contributed by atoms with E-state index in [1.807, 2.05) is 18.3 Å². The molecule has 0 aliphatic heterocycles. The first-order valence-corrected chi connectivity index (χ1v) is 8.01. The molecule has 1 aliphatic carbocycles. The highest BCUT2D eigenvalue weighted by molar-refractivity contribution is 7.11. The number of aromatic carboxylic acids is 1. The molecular weight excluding hydrogens is 284 g/mol. The molecule has 0 saturated heterocycles. The van der Waals surface area contributed by atoms with Crippen LogP contribution in [0.15, 0.2) is 30.5 Å². The van der Waals surface area contributed by atoms with E-state index in [1.165, 1.54) is 29.1 Å². The van der Waals surface area contributed by atoms with Crippen molar-refractivity contribution in [1.82, 2.24) is 10.3 Å². The number of aromatic nitrogens is 1. The molecule has 3 rings (SSSR count). The van der Waals surface area contributed by atoms with Gasteiger partial charge in [0.1, 0.15) is 0 Å². The average Bonchev–Trinajstić information content (AvgIpc) is 2.86. The van der Waals surface area contributed by atoms with Crippen molar-refractivity contribution in [1.29, 1.82) is 0 Å². The number of carboxylic acid groups (broad SMARTS) is 1. The third-order valence-corrected chi connectivity index (χ3v) is 5.01. The van der Waals surface area contributed by atoms with Crippen LogP contribution in [0.1, 0.15) is 51.0 Å². The van der Waals surface area contributed by atoms with E-state index in [9.17, 15) is 4.79 Å². The van der Waals surface area contributed by atoms with Crippen LogP contribution >= 0.6 is 11.3 Å². The third-order valence-electron chi connectivity index (χ3n) is 3.86. The van der Waals surface area contributed by atoms with Crippen LogP contribution in [-0.4, -0.2) is 16.1 Å². The Morgan fingerprint density at radius 3 is 2.67 bits per heavy atom. The van der Waals surface area contributed by atoms with Crippen LogP contribution in [0.4, 0.5) is 0 Å². The number of rotatable bonds is 6. The summed E-state index contributed by atoms with van der Waals surface area (Å²) in [6, 6.07) is 6.98. The Bertz CT molecular complexity index is 617. The van der Waals surface area contributed by atoms with Gasteiger partial charge in [-0.15, -0.1) is 11.3 Å². The lowest BCUT2D eigenvalue weighted by molar-refractivity contribution is 0.0697. The molecule has 0 radical (unpaired) electrons. The first kappa shape index (κ1) is 14.2. The Morgan fingerprint density at radius 1 is 1.29 bits per heavy atom. The zero-order valence-corrected chi connectivity index (χ0v) is 12.5. The highest BCUT2D eigenvalue weighted by Gasteiger charge is 2.22. The molecular formula is C16H18N2O2S. The van der Waals surface area contributed by atoms with Crippen LogP contribution in [0.5, 0.6) is 0 Å². The Balaban J connectivity index is 1.49. The molecule has 0 bridgehead atoms. The van der Waals surface area contributed by atoms with E-state index in [0.717, 1.165) is 18.7 Å². The van der Waals surface area contributed by atoms with E-state index >= 15 is 0 Å². The Morgan fingerprint density at radius 2 is 2.05 bits per heavy atom. The van der Waals surface area contributed by atoms with Gasteiger partial charge in [-0.05, 0) is 30.5 Å². The number of carbonyl (C=O) groups is 1. The van der Waals surface area contributed by atoms with Crippen molar-refractivity contribution < 1.29 is 9.90 Å². The van der Waals surface area contributed by atoms with Gasteiger partial charge in [0.25, 0.3) is 0 Å². The Kier molecular flexibility index (Phi) is 4.31. The quantitative estimate of drug-likeness (QED) is 0.858. The summed E-state index contributed by atoms with van der Waals surface area (Å²) in [4.78, 5) is 16.5. The first-order valence-electron chi connectivity index (χ1n) is 7.20. The van der Waals surface area contributed by atoms with Crippen molar-refractivity contribution in [2.75, 3.05) is 0 Å². The van der Waals surface area contributed by atoms with Gasteiger partial charge in [0.15, 0.2) is 0 Å². The van der Waals surface area contributed by atoms with Gasteiger partial charge < -0.3 is 10.4 Å². The van der Waals surface area contributed by atoms with Crippen molar-refractivity contribution in [3.8, 4) is 0 Å². The third kappa shape index (κ3) is 3.49. The lowest BCUT2D eigenvalue weighted by Crippen LogP contribution is -2.12. The Hall–Kier alpha value is -1.72. The minimum Gasteiger partial charge on any atom is -0.478 e. The maximum Gasteiger partial charge on any atom is 0.335 e. The summed E-state index contributed by atoms with van der Waals surface area (Å²) in [6.07, 6.45) is 5.88. The average molecular weight is 302 g/mol. The lowest BCUT2D eigenvalue weighted by Gasteiger charge is -2.22. The SMILES string of the molecule is O=C(O)c1ccc(CNCc2cnc(C3CCC3)s2)cc1. The summed E-state index contributed by atoms with van der Waals surface area (Å²) in [5.41, 5.74) is 1.41. The van der Waals surface area contributed by atoms with Crippen LogP contribution in [0.3, 0.4) is 0 Å². The normalized spacial score (nSPS) is 14.9. The van der Waals surface area contributed by atoms with Crippen LogP contribution < -0.4 is 5.32 Å². The van der Waals surface area contributed by atoms with E-state index in [-0.39, 0.29) is 0 Å². The number of hydrogen-bond acceptors (Lipinski definition) is 4. The number of hydrogen-bond donors (Lipinski definition) is 2. The van der Waals surface area contributed by atoms with Gasteiger partial charge in [-0.2, -0.15) is 0 Å². The predicted molar refractivity (Wildman–Crippen MR) is 82.7 cm³/mol. The standard InChI is InChI=1S/C16H18N2O2S/c19-16(20)13-6-4-11(5-7-13)8-17-9-14-10-18-15(21-14)12-2-1-3-12/h4-7,10,12,17H,1-3,8-9H2,(H,19,20). The second-order valence-electron chi connectivity index (χ2n) is 5.40. The van der Waals surface area contributed by atoms with Gasteiger partial charge in [-0.3, -0.25) is 0 Å². The fourth-order valence-electron chi connectivity index (χ4n) is 2.34. The zero-order valence-electron chi connectivity index (χ0n) is 11.7. The van der Waals surface area contributed by atoms with Crippen molar-refractivity contribution in [3.63, 3.8) is 0 Å². The molecule has 21 heavy (non-hydrogen) atoms. The highest BCUT2D eigenvalue weighted by atomic mass is 32.1. The minimum absolute atomic E-state index is 0.325. The van der Waals surface area contributed by atoms with Gasteiger partial charge in [-0.1, -0.05) is 18.6 Å². The molecule has 0 amide bonds. The maximum atomic E-state index is 10.8. The van der Waals surface area contributed by atoms with Crippen LogP contribution in [0.25, 0.3) is 0 Å². The van der Waals surface area contributed by atoms with Gasteiger partial charge in [-0.25, -0.2) is 9.78 Å². The summed E-state index contributed by atoms with van der Waals surface area (Å²) >= 11 is 1.81. The van der Waals surface area contributed by atoms with E-state index in [4.69, 9.17) is 5.11 Å². The fraction of sp³-hybridized carbons (Fsp3) is 0.375. The van der Waals surface area contributed by atoms with Gasteiger partial charge in [0, 0.05) is 30.1 Å². The maximum absolute atomic E-state index is 10.8. The molecule has 1 heterocycles. The number of thiazole rings is 1. The van der Waals surface area contributed by atoms with E-state index in [2.05, 4.69) is 10.3 Å². The monoisotopic (exact) mass is 302 g/mol. The molecule has 1 aliphatic rings.